The third-order valence-electron chi connectivity index (χ3n) is 4.33. The van der Waals surface area contributed by atoms with Crippen molar-refractivity contribution in [3.05, 3.63) is 11.1 Å². The molecule has 22 heavy (non-hydrogen) atoms. The number of likely N-dealkylation sites (tertiary alicyclic amines) is 1. The van der Waals surface area contributed by atoms with Gasteiger partial charge in [0.2, 0.25) is 5.91 Å². The van der Waals surface area contributed by atoms with Crippen LogP contribution in [-0.2, 0) is 11.3 Å². The van der Waals surface area contributed by atoms with Gasteiger partial charge >= 0.3 is 0 Å². The van der Waals surface area contributed by atoms with Gasteiger partial charge in [0.1, 0.15) is 0 Å². The Bertz CT molecular complexity index is 470. The van der Waals surface area contributed by atoms with Crippen molar-refractivity contribution in [3.63, 3.8) is 0 Å². The highest BCUT2D eigenvalue weighted by molar-refractivity contribution is 7.13. The van der Waals surface area contributed by atoms with Crippen molar-refractivity contribution in [1.29, 1.82) is 0 Å². The van der Waals surface area contributed by atoms with Crippen molar-refractivity contribution in [2.24, 2.45) is 5.92 Å². The fourth-order valence-corrected chi connectivity index (χ4v) is 3.78. The monoisotopic (exact) mass is 344 g/mol. The van der Waals surface area contributed by atoms with Crippen LogP contribution in [0.1, 0.15) is 37.8 Å². The molecule has 124 valence electrons. The van der Waals surface area contributed by atoms with Crippen molar-refractivity contribution in [2.45, 2.75) is 38.6 Å². The Morgan fingerprint density at radius 3 is 2.77 bits per heavy atom. The molecule has 2 N–H and O–H groups in total. The summed E-state index contributed by atoms with van der Waals surface area (Å²) in [7, 11) is 0. The minimum absolute atomic E-state index is 0. The van der Waals surface area contributed by atoms with E-state index < -0.39 is 0 Å². The number of anilines is 1. The second-order valence-electron chi connectivity index (χ2n) is 5.99. The lowest BCUT2D eigenvalue weighted by Crippen LogP contribution is -2.34. The SMILES string of the molecule is Cl.O=C(Nc1nc(CN2CCCCC2)cs1)C1CCNCC1. The van der Waals surface area contributed by atoms with Gasteiger partial charge < -0.3 is 10.6 Å². The second kappa shape index (κ2) is 8.82. The highest BCUT2D eigenvalue weighted by atomic mass is 35.5. The normalized spacial score (nSPS) is 20.4. The van der Waals surface area contributed by atoms with Gasteiger partial charge in [0.05, 0.1) is 5.69 Å². The summed E-state index contributed by atoms with van der Waals surface area (Å²) < 4.78 is 0. The highest BCUT2D eigenvalue weighted by Gasteiger charge is 2.21. The van der Waals surface area contributed by atoms with Gasteiger partial charge in [-0.25, -0.2) is 4.98 Å². The average Bonchev–Trinajstić information content (AvgIpc) is 2.96. The lowest BCUT2D eigenvalue weighted by Gasteiger charge is -2.25. The number of piperidine rings is 2. The Labute approximate surface area is 142 Å². The summed E-state index contributed by atoms with van der Waals surface area (Å²) in [6, 6.07) is 0. The first-order chi connectivity index (χ1) is 10.3. The number of aromatic nitrogens is 1. The Hall–Kier alpha value is -0.690. The maximum atomic E-state index is 12.2. The lowest BCUT2D eigenvalue weighted by molar-refractivity contribution is -0.120. The quantitative estimate of drug-likeness (QED) is 0.881. The molecule has 0 bridgehead atoms. The average molecular weight is 345 g/mol. The summed E-state index contributed by atoms with van der Waals surface area (Å²) in [4.78, 5) is 19.2. The first-order valence-electron chi connectivity index (χ1n) is 7.99. The number of nitrogens with one attached hydrogen (secondary N) is 2. The Morgan fingerprint density at radius 2 is 2.05 bits per heavy atom. The van der Waals surface area contributed by atoms with Gasteiger partial charge in [-0.15, -0.1) is 23.7 Å². The number of hydrogen-bond acceptors (Lipinski definition) is 5. The molecule has 1 amide bonds. The molecule has 7 heteroatoms. The second-order valence-corrected chi connectivity index (χ2v) is 6.85. The van der Waals surface area contributed by atoms with Crippen molar-refractivity contribution >= 4 is 34.8 Å². The van der Waals surface area contributed by atoms with E-state index in [1.165, 1.54) is 32.4 Å². The van der Waals surface area contributed by atoms with Crippen LogP contribution in [0.5, 0.6) is 0 Å². The topological polar surface area (TPSA) is 57.3 Å². The van der Waals surface area contributed by atoms with Gasteiger partial charge in [-0.2, -0.15) is 0 Å². The van der Waals surface area contributed by atoms with Crippen LogP contribution in [0.15, 0.2) is 5.38 Å². The summed E-state index contributed by atoms with van der Waals surface area (Å²) >= 11 is 1.55. The molecule has 0 aromatic carbocycles. The first-order valence-corrected chi connectivity index (χ1v) is 8.87. The molecule has 1 aromatic heterocycles. The van der Waals surface area contributed by atoms with Gasteiger partial charge in [-0.3, -0.25) is 9.69 Å². The van der Waals surface area contributed by atoms with Gasteiger partial charge in [-0.05, 0) is 51.9 Å². The van der Waals surface area contributed by atoms with Crippen LogP contribution >= 0.6 is 23.7 Å². The van der Waals surface area contributed by atoms with E-state index in [0.29, 0.717) is 0 Å². The Kier molecular flexibility index (Phi) is 7.08. The minimum atomic E-state index is 0. The molecule has 3 rings (SSSR count). The number of rotatable bonds is 4. The molecule has 1 aromatic rings. The molecular weight excluding hydrogens is 320 g/mol. The number of carbonyl (C=O) groups excluding carboxylic acids is 1. The zero-order chi connectivity index (χ0) is 14.5. The van der Waals surface area contributed by atoms with Gasteiger partial charge in [-0.1, -0.05) is 6.42 Å². The van der Waals surface area contributed by atoms with Crippen LogP contribution in [0.3, 0.4) is 0 Å². The minimum Gasteiger partial charge on any atom is -0.317 e. The van der Waals surface area contributed by atoms with E-state index in [9.17, 15) is 4.79 Å². The van der Waals surface area contributed by atoms with Crippen molar-refractivity contribution in [1.82, 2.24) is 15.2 Å². The van der Waals surface area contributed by atoms with E-state index in [2.05, 4.69) is 25.9 Å². The molecule has 0 spiro atoms. The van der Waals surface area contributed by atoms with Crippen LogP contribution in [0.25, 0.3) is 0 Å². The standard InChI is InChI=1S/C15H24N4OS.ClH/c20-14(12-4-6-16-7-5-12)18-15-17-13(11-21-15)10-19-8-2-1-3-9-19;/h11-12,16H,1-10H2,(H,17,18,20);1H. The van der Waals surface area contributed by atoms with Gasteiger partial charge in [0.15, 0.2) is 5.13 Å². The molecule has 0 aliphatic carbocycles. The third-order valence-corrected chi connectivity index (χ3v) is 5.13. The van der Waals surface area contributed by atoms with E-state index >= 15 is 0 Å². The number of halogens is 1. The van der Waals surface area contributed by atoms with Crippen LogP contribution in [0.4, 0.5) is 5.13 Å². The molecule has 0 atom stereocenters. The first kappa shape index (κ1) is 17.7. The van der Waals surface area contributed by atoms with E-state index in [-0.39, 0.29) is 24.2 Å². The largest absolute Gasteiger partial charge is 0.317 e. The van der Waals surface area contributed by atoms with Crippen LogP contribution < -0.4 is 10.6 Å². The number of nitrogens with zero attached hydrogens (tertiary/aromatic N) is 2. The molecule has 2 fully saturated rings. The fourth-order valence-electron chi connectivity index (χ4n) is 3.08. The van der Waals surface area contributed by atoms with Crippen LogP contribution in [0, 0.1) is 5.92 Å². The van der Waals surface area contributed by atoms with E-state index in [1.807, 2.05) is 0 Å². The number of thiazole rings is 1. The summed E-state index contributed by atoms with van der Waals surface area (Å²) in [5.74, 6) is 0.274. The molecule has 0 radical (unpaired) electrons. The summed E-state index contributed by atoms with van der Waals surface area (Å²) in [5, 5.41) is 9.11. The molecule has 2 aliphatic heterocycles. The van der Waals surface area contributed by atoms with Crippen molar-refractivity contribution in [2.75, 3.05) is 31.5 Å². The zero-order valence-corrected chi connectivity index (χ0v) is 14.5. The maximum Gasteiger partial charge on any atom is 0.229 e. The smallest absolute Gasteiger partial charge is 0.229 e. The summed E-state index contributed by atoms with van der Waals surface area (Å²) in [5.41, 5.74) is 1.09. The molecule has 3 heterocycles. The van der Waals surface area contributed by atoms with Crippen LogP contribution in [-0.4, -0.2) is 42.0 Å². The highest BCUT2D eigenvalue weighted by Crippen LogP contribution is 2.21. The van der Waals surface area contributed by atoms with Crippen molar-refractivity contribution < 1.29 is 4.79 Å². The lowest BCUT2D eigenvalue weighted by atomic mass is 9.97. The molecule has 2 aliphatic rings. The van der Waals surface area contributed by atoms with Gasteiger partial charge in [0, 0.05) is 17.8 Å². The zero-order valence-electron chi connectivity index (χ0n) is 12.8. The van der Waals surface area contributed by atoms with E-state index in [0.717, 1.165) is 43.3 Å². The summed E-state index contributed by atoms with van der Waals surface area (Å²) in [6.45, 7) is 5.15. The van der Waals surface area contributed by atoms with Gasteiger partial charge in [0.25, 0.3) is 0 Å². The number of hydrogen-bond donors (Lipinski definition) is 2. The maximum absolute atomic E-state index is 12.2. The number of carbonyl (C=O) groups is 1. The Morgan fingerprint density at radius 1 is 1.32 bits per heavy atom. The predicted octanol–water partition coefficient (Wildman–Crippen LogP) is 2.49. The molecule has 2 saturated heterocycles. The number of amides is 1. The third kappa shape index (κ3) is 4.91. The van der Waals surface area contributed by atoms with E-state index in [1.54, 1.807) is 11.3 Å². The molecular formula is C15H25ClN4OS. The molecule has 5 nitrogen and oxygen atoms in total. The Balaban J connectivity index is 0.00000176. The van der Waals surface area contributed by atoms with E-state index in [4.69, 9.17) is 0 Å². The molecule has 0 unspecified atom stereocenters. The fraction of sp³-hybridized carbons (Fsp3) is 0.733. The van der Waals surface area contributed by atoms with Crippen LogP contribution in [0.2, 0.25) is 0 Å². The van der Waals surface area contributed by atoms with Crippen molar-refractivity contribution in [3.8, 4) is 0 Å². The molecule has 0 saturated carbocycles. The summed E-state index contributed by atoms with van der Waals surface area (Å²) in [6.07, 6.45) is 5.80. The predicted molar refractivity (Wildman–Crippen MR) is 92.7 cm³/mol.